The Balaban J connectivity index is 0.000000374. The third-order valence-corrected chi connectivity index (χ3v) is 11.1. The van der Waals surface area contributed by atoms with Gasteiger partial charge in [-0.2, -0.15) is 0 Å². The van der Waals surface area contributed by atoms with Crippen LogP contribution in [0.15, 0.2) is 46.6 Å². The van der Waals surface area contributed by atoms with Crippen LogP contribution in [0.25, 0.3) is 0 Å². The summed E-state index contributed by atoms with van der Waals surface area (Å²) in [5.74, 6) is 3.63. The fourth-order valence-corrected chi connectivity index (χ4v) is 8.34. The number of fused-ring (bicyclic) bond motifs is 1. The zero-order chi connectivity index (χ0) is 26.3. The number of rotatable bonds is 5. The minimum absolute atomic E-state index is 0.185. The molecule has 4 atom stereocenters. The molecule has 1 heterocycles. The predicted octanol–water partition coefficient (Wildman–Crippen LogP) is 8.95. The first-order valence-electron chi connectivity index (χ1n) is 12.6. The van der Waals surface area contributed by atoms with E-state index in [4.69, 9.17) is 5.73 Å². The van der Waals surface area contributed by atoms with E-state index in [1.54, 1.807) is 32.6 Å². The molecule has 0 radical (unpaired) electrons. The monoisotopic (exact) mass is 621 g/mol. The number of aryl methyl sites for hydroxylation is 1. The molecule has 3 unspecified atom stereocenters. The second-order valence-electron chi connectivity index (χ2n) is 10.9. The van der Waals surface area contributed by atoms with Gasteiger partial charge in [0.2, 0.25) is 0 Å². The molecular weight excluding hydrogens is 573 g/mol. The standard InChI is InChI=1S/C19H34OS.C10H15N.ClI/c1-12-13(2)15(4)19(16(5)17(6)20)9-10-21(7,8)11-18(19)14(12)3;1-2-3-4-9-5-7-10(11)8-6-9;1-2/h16-18,20H,9-11H2,1-8H3;5-8H,2-4,11H2,1H3;/t16?,17?,18?,19-;;/m1../s1. The summed E-state index contributed by atoms with van der Waals surface area (Å²) in [6.45, 7) is 15.7. The molecule has 1 aromatic carbocycles. The molecule has 1 aliphatic heterocycles. The van der Waals surface area contributed by atoms with Gasteiger partial charge < -0.3 is 10.8 Å². The molecule has 5 heteroatoms. The summed E-state index contributed by atoms with van der Waals surface area (Å²) in [6.07, 6.45) is 9.70. The maximum Gasteiger partial charge on any atom is 0.0546 e. The predicted molar refractivity (Wildman–Crippen MR) is 167 cm³/mol. The highest BCUT2D eigenvalue weighted by atomic mass is 127. The van der Waals surface area contributed by atoms with Crippen molar-refractivity contribution in [2.45, 2.75) is 80.3 Å². The molecule has 3 N–H and O–H groups in total. The van der Waals surface area contributed by atoms with Crippen LogP contribution in [0.2, 0.25) is 0 Å². The topological polar surface area (TPSA) is 46.2 Å². The van der Waals surface area contributed by atoms with Gasteiger partial charge in [0, 0.05) is 32.6 Å². The van der Waals surface area contributed by atoms with Crippen molar-refractivity contribution in [3.05, 3.63) is 52.1 Å². The fourth-order valence-electron chi connectivity index (χ4n) is 5.83. The van der Waals surface area contributed by atoms with Crippen molar-refractivity contribution in [2.24, 2.45) is 17.3 Å². The van der Waals surface area contributed by atoms with E-state index in [1.165, 1.54) is 53.9 Å². The van der Waals surface area contributed by atoms with Crippen molar-refractivity contribution in [2.75, 3.05) is 29.8 Å². The third-order valence-electron chi connectivity index (χ3n) is 8.58. The van der Waals surface area contributed by atoms with Crippen molar-refractivity contribution in [1.29, 1.82) is 0 Å². The van der Waals surface area contributed by atoms with Gasteiger partial charge in [-0.15, -0.1) is 0 Å². The van der Waals surface area contributed by atoms with Gasteiger partial charge in [-0.05, 0) is 127 Å². The van der Waals surface area contributed by atoms with E-state index in [2.05, 4.69) is 75.1 Å². The Kier molecular flexibility index (Phi) is 13.1. The molecule has 1 aromatic rings. The first-order valence-corrected chi connectivity index (χ1v) is 18.1. The van der Waals surface area contributed by atoms with Gasteiger partial charge in [-0.1, -0.05) is 43.5 Å². The Hall–Kier alpha value is -0.170. The summed E-state index contributed by atoms with van der Waals surface area (Å²) < 4.78 is 0. The van der Waals surface area contributed by atoms with Crippen molar-refractivity contribution in [1.82, 2.24) is 0 Å². The van der Waals surface area contributed by atoms with Crippen LogP contribution in [0.1, 0.15) is 73.3 Å². The Labute approximate surface area is 229 Å². The van der Waals surface area contributed by atoms with E-state index in [-0.39, 0.29) is 11.5 Å². The number of hydrogen-bond acceptors (Lipinski definition) is 2. The smallest absolute Gasteiger partial charge is 0.0546 e. The summed E-state index contributed by atoms with van der Waals surface area (Å²) in [5, 5.41) is 10.4. The number of nitrogen functional groups attached to an aromatic ring is 1. The summed E-state index contributed by atoms with van der Waals surface area (Å²) >= 11 is 1.62. The van der Waals surface area contributed by atoms with Crippen LogP contribution in [0.5, 0.6) is 0 Å². The number of nitrogens with two attached hydrogens (primary N) is 1. The van der Waals surface area contributed by atoms with E-state index in [9.17, 15) is 5.11 Å². The van der Waals surface area contributed by atoms with Crippen LogP contribution in [-0.4, -0.2) is 35.2 Å². The van der Waals surface area contributed by atoms with Crippen LogP contribution in [-0.2, 0) is 6.42 Å². The lowest BCUT2D eigenvalue weighted by molar-refractivity contribution is 0.0294. The fraction of sp³-hybridized carbons (Fsp3) is 0.655. The van der Waals surface area contributed by atoms with Crippen LogP contribution in [0, 0.1) is 17.3 Å². The van der Waals surface area contributed by atoms with Gasteiger partial charge in [0.1, 0.15) is 0 Å². The molecule has 2 nitrogen and oxygen atoms in total. The second-order valence-corrected chi connectivity index (χ2v) is 15.2. The van der Waals surface area contributed by atoms with Crippen molar-refractivity contribution in [3.63, 3.8) is 0 Å². The summed E-state index contributed by atoms with van der Waals surface area (Å²) in [4.78, 5) is 0. The number of anilines is 1. The van der Waals surface area contributed by atoms with E-state index >= 15 is 0 Å². The molecule has 0 aromatic heterocycles. The molecular formula is C29H49ClINOS. The van der Waals surface area contributed by atoms with Crippen LogP contribution in [0.4, 0.5) is 5.69 Å². The molecule has 196 valence electrons. The lowest BCUT2D eigenvalue weighted by Gasteiger charge is -2.58. The van der Waals surface area contributed by atoms with Gasteiger partial charge in [0.05, 0.1) is 6.10 Å². The number of hydrogen-bond donors (Lipinski definition) is 2. The highest BCUT2D eigenvalue weighted by Crippen LogP contribution is 2.64. The third kappa shape index (κ3) is 7.43. The summed E-state index contributed by atoms with van der Waals surface area (Å²) in [5.41, 5.74) is 14.1. The minimum atomic E-state index is -0.486. The van der Waals surface area contributed by atoms with Gasteiger partial charge in [-0.25, -0.2) is 10.0 Å². The molecule has 34 heavy (non-hydrogen) atoms. The second kappa shape index (κ2) is 13.9. The largest absolute Gasteiger partial charge is 0.399 e. The molecule has 0 bridgehead atoms. The van der Waals surface area contributed by atoms with Crippen LogP contribution < -0.4 is 5.73 Å². The lowest BCUT2D eigenvalue weighted by Crippen LogP contribution is -2.50. The van der Waals surface area contributed by atoms with E-state index in [0.29, 0.717) is 11.8 Å². The Bertz CT molecular complexity index is 846. The maximum absolute atomic E-state index is 10.4. The highest BCUT2D eigenvalue weighted by molar-refractivity contribution is 14.1. The van der Waals surface area contributed by atoms with Crippen LogP contribution in [0.3, 0.4) is 0 Å². The van der Waals surface area contributed by atoms with E-state index < -0.39 is 10.0 Å². The molecule has 1 aliphatic carbocycles. The number of benzene rings is 1. The van der Waals surface area contributed by atoms with E-state index in [1.807, 2.05) is 19.1 Å². The SMILES string of the molecule is CC1=C(C)C2CS(C)(C)CC[C@]2(C(C)C(C)O)C(C)=C1C.CCCCc1ccc(N)cc1.ClI. The summed E-state index contributed by atoms with van der Waals surface area (Å²) in [7, 11) is 4.12. The molecule has 3 rings (SSSR count). The van der Waals surface area contributed by atoms with Gasteiger partial charge in [-0.3, -0.25) is 0 Å². The first kappa shape index (κ1) is 31.9. The van der Waals surface area contributed by atoms with E-state index in [0.717, 1.165) is 5.69 Å². The average molecular weight is 622 g/mol. The number of aliphatic hydroxyl groups excluding tert-OH is 1. The minimum Gasteiger partial charge on any atom is -0.399 e. The maximum atomic E-state index is 10.4. The first-order chi connectivity index (χ1) is 15.9. The molecule has 0 amide bonds. The molecule has 0 spiro atoms. The van der Waals surface area contributed by atoms with Crippen molar-refractivity contribution >= 4 is 46.1 Å². The van der Waals surface area contributed by atoms with Crippen molar-refractivity contribution in [3.8, 4) is 0 Å². The Morgan fingerprint density at radius 1 is 1.09 bits per heavy atom. The Morgan fingerprint density at radius 3 is 2.15 bits per heavy atom. The normalized spacial score (nSPS) is 26.3. The Morgan fingerprint density at radius 2 is 1.65 bits per heavy atom. The van der Waals surface area contributed by atoms with Gasteiger partial charge in [0.25, 0.3) is 0 Å². The molecule has 1 fully saturated rings. The van der Waals surface area contributed by atoms with Crippen LogP contribution >= 0.6 is 40.4 Å². The lowest BCUT2D eigenvalue weighted by atomic mass is 9.54. The number of allylic oxidation sites excluding steroid dienone is 4. The number of halogens is 2. The molecule has 0 saturated carbocycles. The van der Waals surface area contributed by atoms with Gasteiger partial charge in [0.15, 0.2) is 0 Å². The highest BCUT2D eigenvalue weighted by Gasteiger charge is 2.53. The zero-order valence-corrected chi connectivity index (χ0v) is 26.7. The van der Waals surface area contributed by atoms with Crippen molar-refractivity contribution < 1.29 is 5.11 Å². The number of aliphatic hydroxyl groups is 1. The quantitative estimate of drug-likeness (QED) is 0.255. The average Bonchev–Trinajstić information content (AvgIpc) is 2.82. The van der Waals surface area contributed by atoms with Gasteiger partial charge >= 0.3 is 0 Å². The summed E-state index contributed by atoms with van der Waals surface area (Å²) in [6, 6.07) is 8.13. The number of unbranched alkanes of at least 4 members (excludes halogenated alkanes) is 1. The zero-order valence-electron chi connectivity index (χ0n) is 23.0. The molecule has 2 aliphatic rings. The molecule has 1 saturated heterocycles.